The molecule has 1 heterocycles. The second-order valence-electron chi connectivity index (χ2n) is 5.63. The van der Waals surface area contributed by atoms with Gasteiger partial charge in [0.2, 0.25) is 0 Å². The van der Waals surface area contributed by atoms with Gasteiger partial charge in [0.25, 0.3) is 0 Å². The third kappa shape index (κ3) is 1.76. The number of hydrogen-bond acceptors (Lipinski definition) is 2. The van der Waals surface area contributed by atoms with E-state index in [9.17, 15) is 0 Å². The van der Waals surface area contributed by atoms with Crippen LogP contribution in [-0.2, 0) is 0 Å². The highest BCUT2D eigenvalue weighted by Crippen LogP contribution is 2.40. The van der Waals surface area contributed by atoms with E-state index in [-0.39, 0.29) is 5.54 Å². The number of nitrogens with two attached hydrogens (primary N) is 1. The van der Waals surface area contributed by atoms with E-state index in [0.29, 0.717) is 5.92 Å². The zero-order chi connectivity index (χ0) is 11.2. The van der Waals surface area contributed by atoms with Gasteiger partial charge in [-0.1, -0.05) is 24.3 Å². The van der Waals surface area contributed by atoms with Crippen molar-refractivity contribution < 1.29 is 0 Å². The molecular formula is C14H20N2. The van der Waals surface area contributed by atoms with Gasteiger partial charge in [-0.2, -0.15) is 0 Å². The van der Waals surface area contributed by atoms with Crippen molar-refractivity contribution in [1.29, 1.82) is 0 Å². The van der Waals surface area contributed by atoms with E-state index in [1.54, 1.807) is 0 Å². The zero-order valence-electron chi connectivity index (χ0n) is 9.87. The van der Waals surface area contributed by atoms with E-state index in [0.717, 1.165) is 19.0 Å². The highest BCUT2D eigenvalue weighted by atomic mass is 15.0. The second-order valence-corrected chi connectivity index (χ2v) is 5.63. The van der Waals surface area contributed by atoms with Crippen molar-refractivity contribution in [3.05, 3.63) is 35.4 Å². The van der Waals surface area contributed by atoms with Crippen LogP contribution >= 0.6 is 0 Å². The first-order chi connectivity index (χ1) is 7.67. The molecular weight excluding hydrogens is 196 g/mol. The van der Waals surface area contributed by atoms with Crippen LogP contribution in [0.25, 0.3) is 0 Å². The van der Waals surface area contributed by atoms with Gasteiger partial charge < -0.3 is 11.1 Å². The molecule has 0 aromatic heterocycles. The Kier molecular flexibility index (Phi) is 2.30. The summed E-state index contributed by atoms with van der Waals surface area (Å²) >= 11 is 0. The summed E-state index contributed by atoms with van der Waals surface area (Å²) in [7, 11) is 0. The van der Waals surface area contributed by atoms with Crippen molar-refractivity contribution >= 4 is 0 Å². The molecule has 16 heavy (non-hydrogen) atoms. The van der Waals surface area contributed by atoms with Crippen molar-refractivity contribution in [2.24, 2.45) is 5.73 Å². The molecule has 0 bridgehead atoms. The largest absolute Gasteiger partial charge is 0.324 e. The van der Waals surface area contributed by atoms with Crippen LogP contribution in [0.2, 0.25) is 0 Å². The van der Waals surface area contributed by atoms with Crippen LogP contribution < -0.4 is 11.1 Å². The summed E-state index contributed by atoms with van der Waals surface area (Å²) in [6, 6.07) is 9.13. The molecule has 2 fully saturated rings. The van der Waals surface area contributed by atoms with Crippen LogP contribution in [0.4, 0.5) is 0 Å². The molecule has 1 aliphatic heterocycles. The van der Waals surface area contributed by atoms with Crippen LogP contribution in [0.5, 0.6) is 0 Å². The quantitative estimate of drug-likeness (QED) is 0.793. The summed E-state index contributed by atoms with van der Waals surface area (Å²) in [5.41, 5.74) is 9.10. The fourth-order valence-corrected chi connectivity index (χ4v) is 2.76. The lowest BCUT2D eigenvalue weighted by Gasteiger charge is -2.26. The minimum Gasteiger partial charge on any atom is -0.324 e. The first kappa shape index (κ1) is 10.3. The van der Waals surface area contributed by atoms with Crippen LogP contribution in [-0.4, -0.2) is 18.6 Å². The van der Waals surface area contributed by atoms with Gasteiger partial charge in [0, 0.05) is 24.5 Å². The average molecular weight is 216 g/mol. The number of rotatable bonds is 2. The Labute approximate surface area is 97.2 Å². The molecule has 0 radical (unpaired) electrons. The van der Waals surface area contributed by atoms with Crippen molar-refractivity contribution in [3.63, 3.8) is 0 Å². The fraction of sp³-hybridized carbons (Fsp3) is 0.571. The van der Waals surface area contributed by atoms with E-state index in [2.05, 4.69) is 36.5 Å². The fourth-order valence-electron chi connectivity index (χ4n) is 2.76. The number of nitrogens with one attached hydrogen (secondary N) is 1. The lowest BCUT2D eigenvalue weighted by atomic mass is 9.84. The minimum atomic E-state index is -0.0961. The highest BCUT2D eigenvalue weighted by Gasteiger charge is 2.36. The predicted molar refractivity (Wildman–Crippen MR) is 66.6 cm³/mol. The monoisotopic (exact) mass is 216 g/mol. The van der Waals surface area contributed by atoms with Gasteiger partial charge in [-0.3, -0.25) is 0 Å². The Hall–Kier alpha value is -0.860. The molecule has 3 N–H and O–H groups in total. The Morgan fingerprint density at radius 2 is 1.81 bits per heavy atom. The van der Waals surface area contributed by atoms with Gasteiger partial charge in [0.15, 0.2) is 0 Å². The lowest BCUT2D eigenvalue weighted by Crippen LogP contribution is -2.42. The van der Waals surface area contributed by atoms with Crippen LogP contribution in [0.1, 0.15) is 42.7 Å². The molecule has 1 saturated heterocycles. The van der Waals surface area contributed by atoms with Crippen molar-refractivity contribution in [2.75, 3.05) is 13.1 Å². The van der Waals surface area contributed by atoms with Gasteiger partial charge in [-0.15, -0.1) is 0 Å². The Morgan fingerprint density at radius 1 is 1.19 bits per heavy atom. The van der Waals surface area contributed by atoms with Crippen LogP contribution in [0, 0.1) is 0 Å². The van der Waals surface area contributed by atoms with E-state index >= 15 is 0 Å². The molecule has 2 unspecified atom stereocenters. The third-order valence-corrected chi connectivity index (χ3v) is 4.04. The van der Waals surface area contributed by atoms with Crippen molar-refractivity contribution in [1.82, 2.24) is 5.32 Å². The smallest absolute Gasteiger partial charge is 0.0333 e. The normalized spacial score (nSPS) is 34.2. The molecule has 1 saturated carbocycles. The Morgan fingerprint density at radius 3 is 2.31 bits per heavy atom. The van der Waals surface area contributed by atoms with E-state index in [1.807, 2.05) is 0 Å². The first-order valence-corrected chi connectivity index (χ1v) is 6.26. The Bertz CT molecular complexity index is 376. The van der Waals surface area contributed by atoms with Crippen LogP contribution in [0.15, 0.2) is 24.3 Å². The molecule has 3 rings (SSSR count). The molecule has 0 spiro atoms. The number of hydrogen-bond donors (Lipinski definition) is 2. The topological polar surface area (TPSA) is 38.0 Å². The molecule has 2 nitrogen and oxygen atoms in total. The SMILES string of the molecule is CC1(N)CNCC1c1ccc(C2CC2)cc1. The van der Waals surface area contributed by atoms with Crippen molar-refractivity contribution in [2.45, 2.75) is 37.1 Å². The summed E-state index contributed by atoms with van der Waals surface area (Å²) in [5, 5.41) is 3.39. The minimum absolute atomic E-state index is 0.0961. The highest BCUT2D eigenvalue weighted by molar-refractivity contribution is 5.32. The first-order valence-electron chi connectivity index (χ1n) is 6.26. The molecule has 2 heteroatoms. The standard InChI is InChI=1S/C14H20N2/c1-14(15)9-16-8-13(14)12-6-4-11(5-7-12)10-2-3-10/h4-7,10,13,16H,2-3,8-9,15H2,1H3. The molecule has 1 aromatic carbocycles. The third-order valence-electron chi connectivity index (χ3n) is 4.04. The summed E-state index contributed by atoms with van der Waals surface area (Å²) in [6.45, 7) is 4.07. The Balaban J connectivity index is 1.83. The maximum Gasteiger partial charge on any atom is 0.0333 e. The van der Waals surface area contributed by atoms with E-state index in [4.69, 9.17) is 5.73 Å². The lowest BCUT2D eigenvalue weighted by molar-refractivity contribution is 0.462. The van der Waals surface area contributed by atoms with Gasteiger partial charge in [-0.05, 0) is 36.8 Å². The summed E-state index contributed by atoms with van der Waals surface area (Å²) in [4.78, 5) is 0. The summed E-state index contributed by atoms with van der Waals surface area (Å²) < 4.78 is 0. The zero-order valence-corrected chi connectivity index (χ0v) is 9.87. The maximum atomic E-state index is 6.30. The molecule has 2 atom stereocenters. The summed E-state index contributed by atoms with van der Waals surface area (Å²) in [6.07, 6.45) is 2.75. The number of benzene rings is 1. The molecule has 1 aliphatic carbocycles. The molecule has 1 aromatic rings. The maximum absolute atomic E-state index is 6.30. The molecule has 2 aliphatic rings. The summed E-state index contributed by atoms with van der Waals surface area (Å²) in [5.74, 6) is 1.31. The van der Waals surface area contributed by atoms with E-state index < -0.39 is 0 Å². The van der Waals surface area contributed by atoms with E-state index in [1.165, 1.54) is 24.0 Å². The predicted octanol–water partition coefficient (Wildman–Crippen LogP) is 1.97. The second kappa shape index (κ2) is 3.57. The van der Waals surface area contributed by atoms with Gasteiger partial charge in [-0.25, -0.2) is 0 Å². The average Bonchev–Trinajstić information content (AvgIpc) is 3.04. The molecule has 0 amide bonds. The van der Waals surface area contributed by atoms with Crippen molar-refractivity contribution in [3.8, 4) is 0 Å². The van der Waals surface area contributed by atoms with Crippen LogP contribution in [0.3, 0.4) is 0 Å². The van der Waals surface area contributed by atoms with Gasteiger partial charge in [0.05, 0.1) is 0 Å². The molecule has 86 valence electrons. The van der Waals surface area contributed by atoms with Gasteiger partial charge >= 0.3 is 0 Å². The van der Waals surface area contributed by atoms with Gasteiger partial charge in [0.1, 0.15) is 0 Å².